The van der Waals surface area contributed by atoms with Crippen LogP contribution in [0.25, 0.3) is 0 Å². The summed E-state index contributed by atoms with van der Waals surface area (Å²) in [5.41, 5.74) is 3.73. The quantitative estimate of drug-likeness (QED) is 0.732. The third-order valence-corrected chi connectivity index (χ3v) is 3.73. The SMILES string of the molecule is CC(=O)N1CCc2ncnc(C3CC3)c2CC1. The van der Waals surface area contributed by atoms with Crippen LogP contribution in [0, 0.1) is 0 Å². The fourth-order valence-corrected chi connectivity index (χ4v) is 2.58. The zero-order chi connectivity index (χ0) is 11.8. The van der Waals surface area contributed by atoms with Gasteiger partial charge >= 0.3 is 0 Å². The second-order valence-electron chi connectivity index (χ2n) is 4.96. The van der Waals surface area contributed by atoms with Gasteiger partial charge in [-0.2, -0.15) is 0 Å². The van der Waals surface area contributed by atoms with Crippen molar-refractivity contribution >= 4 is 5.91 Å². The maximum Gasteiger partial charge on any atom is 0.219 e. The molecule has 1 aliphatic carbocycles. The van der Waals surface area contributed by atoms with E-state index < -0.39 is 0 Å². The van der Waals surface area contributed by atoms with E-state index in [-0.39, 0.29) is 5.91 Å². The average Bonchev–Trinajstić information content (AvgIpc) is 3.14. The van der Waals surface area contributed by atoms with Gasteiger partial charge in [-0.3, -0.25) is 4.79 Å². The van der Waals surface area contributed by atoms with E-state index in [9.17, 15) is 4.79 Å². The third kappa shape index (κ3) is 2.04. The molecule has 0 saturated heterocycles. The minimum absolute atomic E-state index is 0.165. The first-order chi connectivity index (χ1) is 8.25. The highest BCUT2D eigenvalue weighted by atomic mass is 16.2. The fourth-order valence-electron chi connectivity index (χ4n) is 2.58. The van der Waals surface area contributed by atoms with Crippen molar-refractivity contribution in [1.82, 2.24) is 14.9 Å². The molecule has 1 aromatic rings. The van der Waals surface area contributed by atoms with Crippen LogP contribution in [0.15, 0.2) is 6.33 Å². The molecule has 1 aliphatic heterocycles. The predicted octanol–water partition coefficient (Wildman–Crippen LogP) is 1.30. The molecule has 4 nitrogen and oxygen atoms in total. The molecule has 0 atom stereocenters. The summed E-state index contributed by atoms with van der Waals surface area (Å²) >= 11 is 0. The van der Waals surface area contributed by atoms with Gasteiger partial charge in [0.05, 0.1) is 5.69 Å². The summed E-state index contributed by atoms with van der Waals surface area (Å²) in [7, 11) is 0. The summed E-state index contributed by atoms with van der Waals surface area (Å²) in [6.07, 6.45) is 6.01. The zero-order valence-electron chi connectivity index (χ0n) is 10.1. The normalized spacial score (nSPS) is 19.7. The molecular formula is C13H17N3O. The fraction of sp³-hybridized carbons (Fsp3) is 0.615. The molecule has 0 unspecified atom stereocenters. The van der Waals surface area contributed by atoms with Crippen LogP contribution < -0.4 is 0 Å². The van der Waals surface area contributed by atoms with Crippen LogP contribution in [0.2, 0.25) is 0 Å². The Labute approximate surface area is 101 Å². The maximum atomic E-state index is 11.4. The van der Waals surface area contributed by atoms with Gasteiger partial charge < -0.3 is 4.90 Å². The van der Waals surface area contributed by atoms with Gasteiger partial charge in [0.25, 0.3) is 0 Å². The molecule has 1 amide bonds. The number of rotatable bonds is 1. The molecule has 0 spiro atoms. The summed E-state index contributed by atoms with van der Waals surface area (Å²) in [5.74, 6) is 0.828. The molecule has 90 valence electrons. The lowest BCUT2D eigenvalue weighted by molar-refractivity contribution is -0.128. The van der Waals surface area contributed by atoms with Crippen LogP contribution in [0.3, 0.4) is 0 Å². The van der Waals surface area contributed by atoms with Crippen molar-refractivity contribution in [3.63, 3.8) is 0 Å². The largest absolute Gasteiger partial charge is 0.342 e. The van der Waals surface area contributed by atoms with Gasteiger partial charge in [-0.1, -0.05) is 0 Å². The van der Waals surface area contributed by atoms with Gasteiger partial charge in [-0.25, -0.2) is 9.97 Å². The van der Waals surface area contributed by atoms with Crippen LogP contribution in [0.5, 0.6) is 0 Å². The highest BCUT2D eigenvalue weighted by molar-refractivity contribution is 5.73. The van der Waals surface area contributed by atoms with E-state index in [2.05, 4.69) is 9.97 Å². The molecular weight excluding hydrogens is 214 g/mol. The number of hydrogen-bond acceptors (Lipinski definition) is 3. The van der Waals surface area contributed by atoms with Gasteiger partial charge in [0.15, 0.2) is 0 Å². The minimum atomic E-state index is 0.165. The van der Waals surface area contributed by atoms with Crippen molar-refractivity contribution in [3.05, 3.63) is 23.3 Å². The molecule has 1 fully saturated rings. The van der Waals surface area contributed by atoms with Crippen molar-refractivity contribution < 1.29 is 4.79 Å². The molecule has 0 aromatic carbocycles. The summed E-state index contributed by atoms with van der Waals surface area (Å²) in [6, 6.07) is 0. The lowest BCUT2D eigenvalue weighted by Crippen LogP contribution is -2.31. The average molecular weight is 231 g/mol. The van der Waals surface area contributed by atoms with Gasteiger partial charge in [0.1, 0.15) is 6.33 Å². The molecule has 4 heteroatoms. The summed E-state index contributed by atoms with van der Waals surface area (Å²) in [5, 5.41) is 0. The van der Waals surface area contributed by atoms with E-state index >= 15 is 0 Å². The van der Waals surface area contributed by atoms with E-state index in [1.807, 2.05) is 4.90 Å². The van der Waals surface area contributed by atoms with Crippen molar-refractivity contribution in [3.8, 4) is 0 Å². The van der Waals surface area contributed by atoms with Crippen molar-refractivity contribution in [2.75, 3.05) is 13.1 Å². The lowest BCUT2D eigenvalue weighted by atomic mass is 10.0. The first kappa shape index (κ1) is 10.7. The van der Waals surface area contributed by atoms with E-state index in [1.54, 1.807) is 13.3 Å². The van der Waals surface area contributed by atoms with Crippen molar-refractivity contribution in [2.45, 2.75) is 38.5 Å². The lowest BCUT2D eigenvalue weighted by Gasteiger charge is -2.17. The highest BCUT2D eigenvalue weighted by Gasteiger charge is 2.30. The maximum absolute atomic E-state index is 11.4. The third-order valence-electron chi connectivity index (χ3n) is 3.73. The molecule has 17 heavy (non-hydrogen) atoms. The van der Waals surface area contributed by atoms with Gasteiger partial charge in [-0.05, 0) is 24.8 Å². The number of carbonyl (C=O) groups is 1. The molecule has 3 rings (SSSR count). The zero-order valence-corrected chi connectivity index (χ0v) is 10.1. The molecule has 0 bridgehead atoms. The van der Waals surface area contributed by atoms with E-state index in [0.29, 0.717) is 5.92 Å². The number of hydrogen-bond donors (Lipinski definition) is 0. The Hall–Kier alpha value is -1.45. The topological polar surface area (TPSA) is 46.1 Å². The Morgan fingerprint density at radius 1 is 1.29 bits per heavy atom. The van der Waals surface area contributed by atoms with Gasteiger partial charge in [0.2, 0.25) is 5.91 Å². The molecule has 0 radical (unpaired) electrons. The van der Waals surface area contributed by atoms with E-state index in [1.165, 1.54) is 24.1 Å². The summed E-state index contributed by atoms with van der Waals surface area (Å²) in [6.45, 7) is 3.25. The Balaban J connectivity index is 1.90. The van der Waals surface area contributed by atoms with Gasteiger partial charge in [0, 0.05) is 38.0 Å². The Kier molecular flexibility index (Phi) is 2.57. The molecule has 1 aromatic heterocycles. The van der Waals surface area contributed by atoms with Crippen molar-refractivity contribution in [1.29, 1.82) is 0 Å². The second-order valence-corrected chi connectivity index (χ2v) is 4.96. The molecule has 1 saturated carbocycles. The minimum Gasteiger partial charge on any atom is -0.342 e. The molecule has 2 aliphatic rings. The van der Waals surface area contributed by atoms with Crippen LogP contribution >= 0.6 is 0 Å². The van der Waals surface area contributed by atoms with Crippen LogP contribution in [0.4, 0.5) is 0 Å². The van der Waals surface area contributed by atoms with Gasteiger partial charge in [-0.15, -0.1) is 0 Å². The number of fused-ring (bicyclic) bond motifs is 1. The number of amides is 1. The highest BCUT2D eigenvalue weighted by Crippen LogP contribution is 2.41. The smallest absolute Gasteiger partial charge is 0.219 e. The van der Waals surface area contributed by atoms with Crippen LogP contribution in [-0.2, 0) is 17.6 Å². The number of nitrogens with zero attached hydrogens (tertiary/aromatic N) is 3. The second kappa shape index (κ2) is 4.09. The van der Waals surface area contributed by atoms with E-state index in [0.717, 1.165) is 31.6 Å². The summed E-state index contributed by atoms with van der Waals surface area (Å²) in [4.78, 5) is 22.2. The monoisotopic (exact) mass is 231 g/mol. The summed E-state index contributed by atoms with van der Waals surface area (Å²) < 4.78 is 0. The first-order valence-corrected chi connectivity index (χ1v) is 6.34. The molecule has 0 N–H and O–H groups in total. The Bertz CT molecular complexity index is 454. The first-order valence-electron chi connectivity index (χ1n) is 6.34. The van der Waals surface area contributed by atoms with E-state index in [4.69, 9.17) is 0 Å². The number of aromatic nitrogens is 2. The standard InChI is InChI=1S/C13H17N3O/c1-9(17)16-6-4-11-12(5-7-16)14-8-15-13(11)10-2-3-10/h8,10H,2-7H2,1H3. The van der Waals surface area contributed by atoms with Crippen LogP contribution in [0.1, 0.15) is 42.6 Å². The molecule has 2 heterocycles. The predicted molar refractivity (Wildman–Crippen MR) is 63.7 cm³/mol. The van der Waals surface area contributed by atoms with Crippen molar-refractivity contribution in [2.24, 2.45) is 0 Å². The Morgan fingerprint density at radius 3 is 2.76 bits per heavy atom. The van der Waals surface area contributed by atoms with Crippen LogP contribution in [-0.4, -0.2) is 33.9 Å². The number of carbonyl (C=O) groups excluding carboxylic acids is 1. The Morgan fingerprint density at radius 2 is 2.06 bits per heavy atom.